The van der Waals surface area contributed by atoms with Gasteiger partial charge < -0.3 is 14.5 Å². The first kappa shape index (κ1) is 29.0. The molecule has 2 heterocycles. The SMILES string of the molecule is COc1cc(C)c(S(=O)(=O)N(C)Cc2cc(C(=O)NCCc3ccc(Cc4cccc[n+]4C)cc3)co2)c(C)c1. The molecule has 9 heteroatoms. The molecule has 210 valence electrons. The highest BCUT2D eigenvalue weighted by atomic mass is 32.2. The molecule has 0 unspecified atom stereocenters. The number of pyridine rings is 1. The van der Waals surface area contributed by atoms with E-state index >= 15 is 0 Å². The highest BCUT2D eigenvalue weighted by molar-refractivity contribution is 7.89. The fourth-order valence-corrected chi connectivity index (χ4v) is 6.22. The summed E-state index contributed by atoms with van der Waals surface area (Å²) >= 11 is 0. The molecule has 0 atom stereocenters. The van der Waals surface area contributed by atoms with Gasteiger partial charge in [0.25, 0.3) is 5.91 Å². The Balaban J connectivity index is 1.30. The van der Waals surface area contributed by atoms with Crippen LogP contribution in [-0.2, 0) is 36.5 Å². The van der Waals surface area contributed by atoms with Crippen LogP contribution in [0, 0.1) is 13.8 Å². The number of nitrogens with zero attached hydrogens (tertiary/aromatic N) is 2. The van der Waals surface area contributed by atoms with Crippen LogP contribution in [0.25, 0.3) is 0 Å². The summed E-state index contributed by atoms with van der Waals surface area (Å²) in [5, 5.41) is 2.91. The Morgan fingerprint density at radius 2 is 1.70 bits per heavy atom. The molecule has 4 rings (SSSR count). The minimum absolute atomic E-state index is 0.00607. The number of benzene rings is 2. The molecule has 0 saturated carbocycles. The fraction of sp³-hybridized carbons (Fsp3) is 0.290. The summed E-state index contributed by atoms with van der Waals surface area (Å²) in [4.78, 5) is 12.9. The van der Waals surface area contributed by atoms with Crippen LogP contribution in [-0.4, -0.2) is 39.3 Å². The topological polar surface area (TPSA) is 92.7 Å². The van der Waals surface area contributed by atoms with Crippen molar-refractivity contribution in [2.45, 2.75) is 38.1 Å². The number of ether oxygens (including phenoxy) is 1. The Hall–Kier alpha value is -3.95. The summed E-state index contributed by atoms with van der Waals surface area (Å²) in [7, 11) is 1.29. The molecule has 0 radical (unpaired) electrons. The van der Waals surface area contributed by atoms with Gasteiger partial charge in [-0.25, -0.2) is 13.0 Å². The maximum Gasteiger partial charge on any atom is 0.254 e. The molecular weight excluding hydrogens is 526 g/mol. The minimum atomic E-state index is -3.79. The second-order valence-electron chi connectivity index (χ2n) is 9.96. The lowest BCUT2D eigenvalue weighted by Crippen LogP contribution is -2.32. The zero-order valence-corrected chi connectivity index (χ0v) is 24.4. The summed E-state index contributed by atoms with van der Waals surface area (Å²) in [5.41, 5.74) is 5.14. The Bertz CT molecular complexity index is 1570. The smallest absolute Gasteiger partial charge is 0.254 e. The van der Waals surface area contributed by atoms with Crippen LogP contribution in [0.5, 0.6) is 5.75 Å². The van der Waals surface area contributed by atoms with E-state index in [9.17, 15) is 13.2 Å². The highest BCUT2D eigenvalue weighted by Gasteiger charge is 2.26. The Labute approximate surface area is 236 Å². The first-order valence-electron chi connectivity index (χ1n) is 13.1. The van der Waals surface area contributed by atoms with Crippen LogP contribution in [0.15, 0.2) is 82.4 Å². The monoisotopic (exact) mass is 562 g/mol. The number of rotatable bonds is 11. The molecule has 0 bridgehead atoms. The third kappa shape index (κ3) is 6.78. The van der Waals surface area contributed by atoms with Crippen LogP contribution < -0.4 is 14.6 Å². The number of carbonyl (C=O) groups is 1. The standard InChI is InChI=1S/C31H35N3O5S/c1-22-16-28(38-5)17-23(2)30(22)40(36,37)34(4)20-29-19-26(21-39-29)31(35)32-14-13-24-9-11-25(12-10-24)18-27-8-6-7-15-33(27)3/h6-12,15-17,19,21H,13-14,18,20H2,1-5H3/p+1. The van der Waals surface area contributed by atoms with E-state index < -0.39 is 10.0 Å². The summed E-state index contributed by atoms with van der Waals surface area (Å²) < 4.78 is 40.7. The largest absolute Gasteiger partial charge is 0.497 e. The molecule has 2 aromatic carbocycles. The summed E-state index contributed by atoms with van der Waals surface area (Å²) in [6, 6.07) is 19.5. The van der Waals surface area contributed by atoms with Crippen LogP contribution in [0.3, 0.4) is 0 Å². The van der Waals surface area contributed by atoms with Crippen LogP contribution in [0.2, 0.25) is 0 Å². The summed E-state index contributed by atoms with van der Waals surface area (Å²) in [6.07, 6.45) is 4.94. The fourth-order valence-electron chi connectivity index (χ4n) is 4.68. The first-order chi connectivity index (χ1) is 19.1. The van der Waals surface area contributed by atoms with Crippen LogP contribution in [0.1, 0.15) is 44.1 Å². The van der Waals surface area contributed by atoms with Gasteiger partial charge in [-0.15, -0.1) is 0 Å². The maximum atomic E-state index is 13.3. The van der Waals surface area contributed by atoms with Crippen molar-refractivity contribution in [3.8, 4) is 5.75 Å². The molecule has 0 aliphatic heterocycles. The first-order valence-corrected chi connectivity index (χ1v) is 14.5. The molecular formula is C31H36N3O5S+. The van der Waals surface area contributed by atoms with Crippen molar-refractivity contribution in [1.29, 1.82) is 0 Å². The van der Waals surface area contributed by atoms with E-state index in [0.29, 0.717) is 41.2 Å². The van der Waals surface area contributed by atoms with E-state index in [1.165, 1.54) is 28.9 Å². The van der Waals surface area contributed by atoms with E-state index in [0.717, 1.165) is 12.0 Å². The number of aryl methyl sites for hydroxylation is 3. The van der Waals surface area contributed by atoms with Crippen LogP contribution in [0.4, 0.5) is 0 Å². The van der Waals surface area contributed by atoms with Gasteiger partial charge in [0, 0.05) is 25.7 Å². The molecule has 0 fully saturated rings. The van der Waals surface area contributed by atoms with Crippen molar-refractivity contribution in [2.75, 3.05) is 20.7 Å². The molecule has 1 amide bonds. The Morgan fingerprint density at radius 3 is 2.35 bits per heavy atom. The van der Waals surface area contributed by atoms with E-state index in [1.807, 2.05) is 25.4 Å². The number of methoxy groups -OCH3 is 1. The van der Waals surface area contributed by atoms with Crippen molar-refractivity contribution in [3.63, 3.8) is 0 Å². The number of amides is 1. The van der Waals surface area contributed by atoms with E-state index in [2.05, 4.69) is 40.2 Å². The Morgan fingerprint density at radius 1 is 1.02 bits per heavy atom. The van der Waals surface area contributed by atoms with Gasteiger partial charge in [-0.1, -0.05) is 30.3 Å². The average Bonchev–Trinajstić information content (AvgIpc) is 3.39. The molecule has 4 aromatic rings. The quantitative estimate of drug-likeness (QED) is 0.278. The second-order valence-corrected chi connectivity index (χ2v) is 11.9. The van der Waals surface area contributed by atoms with Crippen molar-refractivity contribution in [2.24, 2.45) is 7.05 Å². The maximum absolute atomic E-state index is 13.3. The molecule has 0 saturated heterocycles. The lowest BCUT2D eigenvalue weighted by Gasteiger charge is -2.19. The molecule has 2 aromatic heterocycles. The third-order valence-electron chi connectivity index (χ3n) is 6.90. The number of nitrogens with one attached hydrogen (secondary N) is 1. The second kappa shape index (κ2) is 12.5. The number of sulfonamides is 1. The summed E-state index contributed by atoms with van der Waals surface area (Å²) in [5.74, 6) is 0.714. The van der Waals surface area contributed by atoms with Crippen molar-refractivity contribution >= 4 is 15.9 Å². The average molecular weight is 563 g/mol. The predicted molar refractivity (Wildman–Crippen MR) is 153 cm³/mol. The molecule has 0 aliphatic rings. The molecule has 1 N–H and O–H groups in total. The predicted octanol–water partition coefficient (Wildman–Crippen LogP) is 4.11. The van der Waals surface area contributed by atoms with Gasteiger partial charge in [-0.3, -0.25) is 4.79 Å². The Kier molecular flexibility index (Phi) is 9.07. The van der Waals surface area contributed by atoms with Gasteiger partial charge >= 0.3 is 0 Å². The summed E-state index contributed by atoms with van der Waals surface area (Å²) in [6.45, 7) is 3.94. The van der Waals surface area contributed by atoms with Crippen molar-refractivity contribution in [1.82, 2.24) is 9.62 Å². The van der Waals surface area contributed by atoms with Gasteiger partial charge in [0.15, 0.2) is 11.9 Å². The zero-order valence-electron chi connectivity index (χ0n) is 23.6. The third-order valence-corrected chi connectivity index (χ3v) is 9.01. The van der Waals surface area contributed by atoms with E-state index in [4.69, 9.17) is 9.15 Å². The van der Waals surface area contributed by atoms with E-state index in [1.54, 1.807) is 39.2 Å². The van der Waals surface area contributed by atoms with Gasteiger partial charge in [-0.05, 0) is 60.7 Å². The number of aromatic nitrogens is 1. The highest BCUT2D eigenvalue weighted by Crippen LogP contribution is 2.28. The number of furan rings is 1. The van der Waals surface area contributed by atoms with E-state index in [-0.39, 0.29) is 17.3 Å². The zero-order chi connectivity index (χ0) is 28.9. The van der Waals surface area contributed by atoms with Crippen molar-refractivity contribution in [3.05, 3.63) is 112 Å². The number of carbonyl (C=O) groups excluding carboxylic acids is 1. The molecule has 0 spiro atoms. The normalized spacial score (nSPS) is 11.6. The minimum Gasteiger partial charge on any atom is -0.497 e. The lowest BCUT2D eigenvalue weighted by atomic mass is 10.0. The van der Waals surface area contributed by atoms with Gasteiger partial charge in [0.1, 0.15) is 24.8 Å². The molecule has 40 heavy (non-hydrogen) atoms. The lowest BCUT2D eigenvalue weighted by molar-refractivity contribution is -0.678. The van der Waals surface area contributed by atoms with Crippen molar-refractivity contribution < 1.29 is 26.9 Å². The number of hydrogen-bond donors (Lipinski definition) is 1. The van der Waals surface area contributed by atoms with Gasteiger partial charge in [-0.2, -0.15) is 4.31 Å². The molecule has 8 nitrogen and oxygen atoms in total. The van der Waals surface area contributed by atoms with Gasteiger partial charge in [0.2, 0.25) is 10.0 Å². The van der Waals surface area contributed by atoms with Crippen LogP contribution >= 0.6 is 0 Å². The molecule has 0 aliphatic carbocycles. The van der Waals surface area contributed by atoms with Gasteiger partial charge in [0.05, 0.1) is 30.5 Å². The number of hydrogen-bond acceptors (Lipinski definition) is 5.